The molecule has 0 bridgehead atoms. The van der Waals surface area contributed by atoms with Crippen molar-refractivity contribution in [1.82, 2.24) is 10.6 Å². The molecule has 0 spiro atoms. The average Bonchev–Trinajstić information content (AvgIpc) is 2.87. The lowest BCUT2D eigenvalue weighted by atomic mass is 10.1. The zero-order valence-electron chi connectivity index (χ0n) is 26.5. The maximum Gasteiger partial charge on any atom is 0.247 e. The number of quaternary nitrogens is 2. The lowest BCUT2D eigenvalue weighted by molar-refractivity contribution is -0.930. The third-order valence-corrected chi connectivity index (χ3v) is 6.72. The average molecular weight is 596 g/mol. The van der Waals surface area contributed by atoms with E-state index in [1.807, 2.05) is 0 Å². The standard InChI is InChI=1S/C22H44N2O.C9H18N2O.2ClH/c1-5-9-12-15-18-24(19-16-13-10-6-2,20-17-14-11-7-3)21-23-22(25)8-4;1-5-9(12)10-7-6-8-11(2,3)4;;/h8H,4-7,9-21H2,1-3H3;5H,1,6-8H2,2-4H3;2*1H. The molecule has 0 radical (unpaired) electrons. The Labute approximate surface area is 255 Å². The highest BCUT2D eigenvalue weighted by Crippen LogP contribution is 2.16. The highest BCUT2D eigenvalue weighted by atomic mass is 35.5. The van der Waals surface area contributed by atoms with Crippen LogP contribution in [0.25, 0.3) is 0 Å². The number of hydrogen-bond donors (Lipinski definition) is 2. The molecule has 0 aromatic heterocycles. The van der Waals surface area contributed by atoms with Gasteiger partial charge in [-0.1, -0.05) is 72.5 Å². The summed E-state index contributed by atoms with van der Waals surface area (Å²) in [6.45, 7) is 20.0. The van der Waals surface area contributed by atoms with Gasteiger partial charge >= 0.3 is 0 Å². The Bertz CT molecular complexity index is 564. The van der Waals surface area contributed by atoms with Crippen LogP contribution in [0.15, 0.2) is 25.3 Å². The second-order valence-corrected chi connectivity index (χ2v) is 11.5. The summed E-state index contributed by atoms with van der Waals surface area (Å²) in [6, 6.07) is 0. The van der Waals surface area contributed by atoms with E-state index in [2.05, 4.69) is 65.7 Å². The van der Waals surface area contributed by atoms with Crippen molar-refractivity contribution in [2.75, 3.05) is 60.5 Å². The van der Waals surface area contributed by atoms with Crippen LogP contribution in [0, 0.1) is 0 Å². The molecule has 0 aliphatic carbocycles. The van der Waals surface area contributed by atoms with Gasteiger partial charge in [0.25, 0.3) is 0 Å². The molecule has 0 heterocycles. The third kappa shape index (κ3) is 31.3. The summed E-state index contributed by atoms with van der Waals surface area (Å²) in [5.41, 5.74) is 0. The first-order valence-electron chi connectivity index (χ1n) is 15.1. The van der Waals surface area contributed by atoms with Crippen LogP contribution < -0.4 is 35.4 Å². The van der Waals surface area contributed by atoms with Crippen molar-refractivity contribution in [3.05, 3.63) is 25.3 Å². The van der Waals surface area contributed by atoms with Gasteiger partial charge < -0.3 is 44.4 Å². The molecule has 2 N–H and O–H groups in total. The van der Waals surface area contributed by atoms with Gasteiger partial charge in [-0.2, -0.15) is 0 Å². The fourth-order valence-corrected chi connectivity index (χ4v) is 4.35. The SMILES string of the molecule is C=CC(=O)NCCC[N+](C)(C)C.C=CC(=O)NC[N+](CCCCCC)(CCCCCC)CCCCCC.[Cl-].[Cl-]. The van der Waals surface area contributed by atoms with Gasteiger partial charge in [-0.3, -0.25) is 9.59 Å². The van der Waals surface area contributed by atoms with Crippen LogP contribution in [-0.2, 0) is 9.59 Å². The molecule has 0 aromatic carbocycles. The Kier molecular flexibility index (Phi) is 34.4. The minimum absolute atomic E-state index is 0. The maximum atomic E-state index is 11.7. The van der Waals surface area contributed by atoms with E-state index < -0.39 is 0 Å². The zero-order chi connectivity index (χ0) is 28.4. The van der Waals surface area contributed by atoms with Crippen LogP contribution >= 0.6 is 0 Å². The van der Waals surface area contributed by atoms with Crippen LogP contribution in [0.2, 0.25) is 0 Å². The van der Waals surface area contributed by atoms with Gasteiger partial charge in [-0.15, -0.1) is 0 Å². The third-order valence-electron chi connectivity index (χ3n) is 6.72. The predicted molar refractivity (Wildman–Crippen MR) is 161 cm³/mol. The largest absolute Gasteiger partial charge is 1.00 e. The second kappa shape index (κ2) is 29.9. The first kappa shape index (κ1) is 44.9. The van der Waals surface area contributed by atoms with Crippen molar-refractivity contribution in [1.29, 1.82) is 0 Å². The van der Waals surface area contributed by atoms with E-state index in [4.69, 9.17) is 0 Å². The molecule has 6 nitrogen and oxygen atoms in total. The quantitative estimate of drug-likeness (QED) is 0.0768. The Morgan fingerprint density at radius 2 is 0.974 bits per heavy atom. The number of amides is 2. The fraction of sp³-hybridized carbons (Fsp3) is 0.806. The van der Waals surface area contributed by atoms with Crippen molar-refractivity contribution in [3.8, 4) is 0 Å². The summed E-state index contributed by atoms with van der Waals surface area (Å²) < 4.78 is 2.00. The van der Waals surface area contributed by atoms with Crippen LogP contribution in [0.3, 0.4) is 0 Å². The van der Waals surface area contributed by atoms with Gasteiger partial charge in [-0.25, -0.2) is 0 Å². The summed E-state index contributed by atoms with van der Waals surface area (Å²) in [5.74, 6) is -0.116. The number of unbranched alkanes of at least 4 members (excludes halogenated alkanes) is 9. The minimum atomic E-state index is -0.0867. The van der Waals surface area contributed by atoms with E-state index in [1.165, 1.54) is 109 Å². The Morgan fingerprint density at radius 3 is 1.31 bits per heavy atom. The first-order valence-corrected chi connectivity index (χ1v) is 15.1. The van der Waals surface area contributed by atoms with Gasteiger partial charge in [0.15, 0.2) is 6.67 Å². The van der Waals surface area contributed by atoms with E-state index in [0.717, 1.165) is 35.1 Å². The van der Waals surface area contributed by atoms with E-state index >= 15 is 0 Å². The van der Waals surface area contributed by atoms with Crippen molar-refractivity contribution < 1.29 is 43.4 Å². The molecule has 234 valence electrons. The summed E-state index contributed by atoms with van der Waals surface area (Å²) in [7, 11) is 6.40. The lowest BCUT2D eigenvalue weighted by Gasteiger charge is -2.39. The van der Waals surface area contributed by atoms with Gasteiger partial charge in [-0.05, 0) is 50.7 Å². The molecule has 0 aliphatic heterocycles. The Hall–Kier alpha value is -1.08. The van der Waals surface area contributed by atoms with Gasteiger partial charge in [0.2, 0.25) is 11.8 Å². The van der Waals surface area contributed by atoms with Crippen molar-refractivity contribution in [2.45, 2.75) is 104 Å². The summed E-state index contributed by atoms with van der Waals surface area (Å²) in [5, 5.41) is 5.85. The molecule has 8 heteroatoms. The molecule has 0 saturated carbocycles. The molecular formula is C31H64Cl2N4O2. The van der Waals surface area contributed by atoms with E-state index in [0.29, 0.717) is 0 Å². The molecule has 0 saturated heterocycles. The predicted octanol–water partition coefficient (Wildman–Crippen LogP) is 0.197. The molecule has 0 aliphatic rings. The topological polar surface area (TPSA) is 58.2 Å². The zero-order valence-corrected chi connectivity index (χ0v) is 28.0. The van der Waals surface area contributed by atoms with E-state index in [1.54, 1.807) is 0 Å². The van der Waals surface area contributed by atoms with E-state index in [-0.39, 0.29) is 36.6 Å². The summed E-state index contributed by atoms with van der Waals surface area (Å²) in [6.07, 6.45) is 19.3. The van der Waals surface area contributed by atoms with Crippen LogP contribution in [-0.4, -0.2) is 81.3 Å². The van der Waals surface area contributed by atoms with Gasteiger partial charge in [0.05, 0.1) is 47.3 Å². The first-order chi connectivity index (χ1) is 17.6. The molecule has 0 fully saturated rings. The highest BCUT2D eigenvalue weighted by molar-refractivity contribution is 5.87. The number of hydrogen-bond acceptors (Lipinski definition) is 2. The van der Waals surface area contributed by atoms with Crippen molar-refractivity contribution in [2.24, 2.45) is 0 Å². The summed E-state index contributed by atoms with van der Waals surface area (Å²) in [4.78, 5) is 22.5. The number of nitrogens with zero attached hydrogens (tertiary/aromatic N) is 2. The second-order valence-electron chi connectivity index (χ2n) is 11.5. The maximum absolute atomic E-state index is 11.7. The summed E-state index contributed by atoms with van der Waals surface area (Å²) >= 11 is 0. The number of rotatable bonds is 23. The monoisotopic (exact) mass is 594 g/mol. The van der Waals surface area contributed by atoms with Crippen LogP contribution in [0.1, 0.15) is 104 Å². The Morgan fingerprint density at radius 1 is 0.590 bits per heavy atom. The molecule has 39 heavy (non-hydrogen) atoms. The molecule has 2 amide bonds. The molecule has 0 aromatic rings. The van der Waals surface area contributed by atoms with E-state index in [9.17, 15) is 9.59 Å². The fourth-order valence-electron chi connectivity index (χ4n) is 4.35. The minimum Gasteiger partial charge on any atom is -1.00 e. The molecular weight excluding hydrogens is 531 g/mol. The van der Waals surface area contributed by atoms with Crippen LogP contribution in [0.4, 0.5) is 0 Å². The van der Waals surface area contributed by atoms with Crippen molar-refractivity contribution >= 4 is 11.8 Å². The highest BCUT2D eigenvalue weighted by Gasteiger charge is 2.26. The van der Waals surface area contributed by atoms with Gasteiger partial charge in [0, 0.05) is 13.0 Å². The normalized spacial score (nSPS) is 10.7. The smallest absolute Gasteiger partial charge is 0.247 e. The lowest BCUT2D eigenvalue weighted by Crippen LogP contribution is -3.00. The molecule has 0 rings (SSSR count). The Balaban J connectivity index is -0.000000371. The number of halogens is 2. The molecule has 0 unspecified atom stereocenters. The number of carbonyl (C=O) groups is 2. The number of nitrogens with one attached hydrogen (secondary N) is 2. The number of carbonyl (C=O) groups excluding carboxylic acids is 2. The van der Waals surface area contributed by atoms with Crippen molar-refractivity contribution in [3.63, 3.8) is 0 Å². The van der Waals surface area contributed by atoms with Crippen LogP contribution in [0.5, 0.6) is 0 Å². The van der Waals surface area contributed by atoms with Gasteiger partial charge in [0.1, 0.15) is 0 Å². The molecule has 0 atom stereocenters.